The largest absolute Gasteiger partial charge is 0.367 e. The molecule has 0 spiro atoms. The number of hydrogen-bond acceptors (Lipinski definition) is 2. The number of rotatable bonds is 4. The second kappa shape index (κ2) is 6.30. The van der Waals surface area contributed by atoms with E-state index in [1.54, 1.807) is 6.07 Å². The van der Waals surface area contributed by atoms with E-state index in [0.29, 0.717) is 18.0 Å². The molecule has 2 unspecified atom stereocenters. The van der Waals surface area contributed by atoms with Crippen molar-refractivity contribution in [3.05, 3.63) is 35.6 Å². The van der Waals surface area contributed by atoms with Gasteiger partial charge in [-0.15, -0.1) is 0 Å². The van der Waals surface area contributed by atoms with Crippen molar-refractivity contribution in [2.75, 3.05) is 13.1 Å². The van der Waals surface area contributed by atoms with Gasteiger partial charge in [0.1, 0.15) is 5.82 Å². The number of hydrogen-bond donors (Lipinski definition) is 1. The number of halogens is 1. The first-order valence-corrected chi connectivity index (χ1v) is 6.86. The Balaban J connectivity index is 2.09. The van der Waals surface area contributed by atoms with E-state index in [9.17, 15) is 4.39 Å². The minimum absolute atomic E-state index is 0.162. The predicted molar refractivity (Wildman–Crippen MR) is 71.0 cm³/mol. The third-order valence-corrected chi connectivity index (χ3v) is 3.84. The molecule has 1 aliphatic rings. The Labute approximate surface area is 109 Å². The van der Waals surface area contributed by atoms with Crippen LogP contribution in [0.3, 0.4) is 0 Å². The van der Waals surface area contributed by atoms with Crippen LogP contribution in [0.4, 0.5) is 4.39 Å². The van der Waals surface area contributed by atoms with Crippen molar-refractivity contribution in [1.29, 1.82) is 0 Å². The Bertz CT molecular complexity index is 379. The highest BCUT2D eigenvalue weighted by molar-refractivity contribution is 5.20. The van der Waals surface area contributed by atoms with Crippen molar-refractivity contribution in [2.24, 2.45) is 5.92 Å². The van der Waals surface area contributed by atoms with E-state index in [-0.39, 0.29) is 18.0 Å². The van der Waals surface area contributed by atoms with Crippen LogP contribution in [0.5, 0.6) is 0 Å². The van der Waals surface area contributed by atoms with Crippen molar-refractivity contribution in [3.8, 4) is 0 Å². The lowest BCUT2D eigenvalue weighted by Crippen LogP contribution is -2.44. The molecule has 100 valence electrons. The third kappa shape index (κ3) is 2.90. The van der Waals surface area contributed by atoms with Crippen LogP contribution in [0.15, 0.2) is 24.3 Å². The van der Waals surface area contributed by atoms with E-state index in [2.05, 4.69) is 19.2 Å². The van der Waals surface area contributed by atoms with Crippen LogP contribution in [0, 0.1) is 11.7 Å². The fourth-order valence-electron chi connectivity index (χ4n) is 2.68. The SMILES string of the molecule is CCC(CC)C1CNCC(c2ccccc2F)O1. The van der Waals surface area contributed by atoms with Gasteiger partial charge in [-0.2, -0.15) is 0 Å². The van der Waals surface area contributed by atoms with Gasteiger partial charge >= 0.3 is 0 Å². The molecule has 2 rings (SSSR count). The van der Waals surface area contributed by atoms with Gasteiger partial charge < -0.3 is 10.1 Å². The van der Waals surface area contributed by atoms with Gasteiger partial charge in [0.2, 0.25) is 0 Å². The second-order valence-corrected chi connectivity index (χ2v) is 4.92. The van der Waals surface area contributed by atoms with Gasteiger partial charge in [0, 0.05) is 18.7 Å². The second-order valence-electron chi connectivity index (χ2n) is 4.92. The van der Waals surface area contributed by atoms with Gasteiger partial charge in [-0.05, 0) is 12.0 Å². The molecule has 1 aliphatic heterocycles. The summed E-state index contributed by atoms with van der Waals surface area (Å²) in [5, 5.41) is 3.37. The molecule has 0 radical (unpaired) electrons. The van der Waals surface area contributed by atoms with E-state index in [1.165, 1.54) is 6.07 Å². The van der Waals surface area contributed by atoms with Crippen molar-refractivity contribution in [1.82, 2.24) is 5.32 Å². The highest BCUT2D eigenvalue weighted by atomic mass is 19.1. The summed E-state index contributed by atoms with van der Waals surface area (Å²) in [4.78, 5) is 0. The Morgan fingerprint density at radius 3 is 2.67 bits per heavy atom. The molecule has 0 saturated carbocycles. The van der Waals surface area contributed by atoms with Gasteiger partial charge in [0.15, 0.2) is 0 Å². The molecule has 18 heavy (non-hydrogen) atoms. The van der Waals surface area contributed by atoms with Crippen LogP contribution in [0.1, 0.15) is 38.4 Å². The van der Waals surface area contributed by atoms with Crippen LogP contribution < -0.4 is 5.32 Å². The lowest BCUT2D eigenvalue weighted by atomic mass is 9.94. The van der Waals surface area contributed by atoms with E-state index in [4.69, 9.17) is 4.74 Å². The van der Waals surface area contributed by atoms with Gasteiger partial charge in [-0.25, -0.2) is 4.39 Å². The zero-order valence-electron chi connectivity index (χ0n) is 11.2. The molecule has 1 aromatic rings. The summed E-state index contributed by atoms with van der Waals surface area (Å²) in [7, 11) is 0. The fraction of sp³-hybridized carbons (Fsp3) is 0.600. The maximum atomic E-state index is 13.8. The zero-order valence-corrected chi connectivity index (χ0v) is 11.2. The predicted octanol–water partition coefficient (Wildman–Crippen LogP) is 3.29. The number of ether oxygens (including phenoxy) is 1. The van der Waals surface area contributed by atoms with Crippen molar-refractivity contribution in [2.45, 2.75) is 38.9 Å². The van der Waals surface area contributed by atoms with Gasteiger partial charge in [-0.1, -0.05) is 44.9 Å². The smallest absolute Gasteiger partial charge is 0.129 e. The molecule has 2 atom stereocenters. The highest BCUT2D eigenvalue weighted by Crippen LogP contribution is 2.28. The van der Waals surface area contributed by atoms with Crippen LogP contribution in [0.2, 0.25) is 0 Å². The first kappa shape index (κ1) is 13.5. The van der Waals surface area contributed by atoms with Gasteiger partial charge in [0.05, 0.1) is 12.2 Å². The van der Waals surface area contributed by atoms with E-state index in [1.807, 2.05) is 12.1 Å². The van der Waals surface area contributed by atoms with Crippen LogP contribution in [0.25, 0.3) is 0 Å². The first-order valence-electron chi connectivity index (χ1n) is 6.86. The molecule has 1 fully saturated rings. The topological polar surface area (TPSA) is 21.3 Å². The molecular weight excluding hydrogens is 229 g/mol. The average molecular weight is 251 g/mol. The summed E-state index contributed by atoms with van der Waals surface area (Å²) in [6.07, 6.45) is 2.24. The summed E-state index contributed by atoms with van der Waals surface area (Å²) in [6, 6.07) is 6.90. The summed E-state index contributed by atoms with van der Waals surface area (Å²) >= 11 is 0. The summed E-state index contributed by atoms with van der Waals surface area (Å²) in [5.41, 5.74) is 0.667. The first-order chi connectivity index (χ1) is 8.76. The maximum Gasteiger partial charge on any atom is 0.129 e. The highest BCUT2D eigenvalue weighted by Gasteiger charge is 2.29. The lowest BCUT2D eigenvalue weighted by Gasteiger charge is -2.35. The molecule has 0 aliphatic carbocycles. The Morgan fingerprint density at radius 2 is 2.00 bits per heavy atom. The number of nitrogens with one attached hydrogen (secondary N) is 1. The molecular formula is C15H22FNO. The van der Waals surface area contributed by atoms with E-state index < -0.39 is 0 Å². The number of benzene rings is 1. The Kier molecular flexibility index (Phi) is 4.72. The van der Waals surface area contributed by atoms with Crippen LogP contribution in [-0.4, -0.2) is 19.2 Å². The van der Waals surface area contributed by atoms with E-state index >= 15 is 0 Å². The molecule has 2 nitrogen and oxygen atoms in total. The monoisotopic (exact) mass is 251 g/mol. The molecule has 1 N–H and O–H groups in total. The summed E-state index contributed by atoms with van der Waals surface area (Å²) in [6.45, 7) is 5.93. The zero-order chi connectivity index (χ0) is 13.0. The maximum absolute atomic E-state index is 13.8. The summed E-state index contributed by atoms with van der Waals surface area (Å²) < 4.78 is 19.9. The molecule has 0 bridgehead atoms. The molecule has 1 aromatic carbocycles. The third-order valence-electron chi connectivity index (χ3n) is 3.84. The van der Waals surface area contributed by atoms with Crippen LogP contribution in [-0.2, 0) is 4.74 Å². The average Bonchev–Trinajstić information content (AvgIpc) is 2.41. The minimum Gasteiger partial charge on any atom is -0.367 e. The van der Waals surface area contributed by atoms with Gasteiger partial charge in [-0.3, -0.25) is 0 Å². The fourth-order valence-corrected chi connectivity index (χ4v) is 2.68. The molecule has 1 heterocycles. The molecule has 0 amide bonds. The lowest BCUT2D eigenvalue weighted by molar-refractivity contribution is -0.0700. The van der Waals surface area contributed by atoms with E-state index in [0.717, 1.165) is 19.4 Å². The minimum atomic E-state index is -0.172. The van der Waals surface area contributed by atoms with Gasteiger partial charge in [0.25, 0.3) is 0 Å². The standard InChI is InChI=1S/C15H22FNO/c1-3-11(4-2)14-9-17-10-15(18-14)12-7-5-6-8-13(12)16/h5-8,11,14-15,17H,3-4,9-10H2,1-2H3. The van der Waals surface area contributed by atoms with Crippen molar-refractivity contribution in [3.63, 3.8) is 0 Å². The van der Waals surface area contributed by atoms with Crippen LogP contribution >= 0.6 is 0 Å². The van der Waals surface area contributed by atoms with Crippen molar-refractivity contribution < 1.29 is 9.13 Å². The number of morpholine rings is 1. The quantitative estimate of drug-likeness (QED) is 0.886. The van der Waals surface area contributed by atoms with Crippen molar-refractivity contribution >= 4 is 0 Å². The Morgan fingerprint density at radius 1 is 1.28 bits per heavy atom. The Hall–Kier alpha value is -0.930. The molecule has 3 heteroatoms. The summed E-state index contributed by atoms with van der Waals surface area (Å²) in [5.74, 6) is 0.376. The molecule has 1 saturated heterocycles. The normalized spacial score (nSPS) is 24.4. The molecule has 0 aromatic heterocycles.